The molecule has 0 aliphatic carbocycles. The van der Waals surface area contributed by atoms with Crippen LogP contribution in [-0.4, -0.2) is 21.5 Å². The SMILES string of the molecule is CCSc1ccc(Br)nc1C(=O)Cc1cc(C(F)(F)F)cnc1Cl. The number of halogens is 5. The minimum absolute atomic E-state index is 0.0192. The lowest BCUT2D eigenvalue weighted by molar-refractivity contribution is -0.137. The Labute approximate surface area is 154 Å². The van der Waals surface area contributed by atoms with E-state index in [-0.39, 0.29) is 22.8 Å². The van der Waals surface area contributed by atoms with Crippen LogP contribution >= 0.6 is 39.3 Å². The summed E-state index contributed by atoms with van der Waals surface area (Å²) in [6.45, 7) is 1.93. The van der Waals surface area contributed by atoms with Gasteiger partial charge in [-0.2, -0.15) is 13.2 Å². The Balaban J connectivity index is 2.35. The molecule has 0 fully saturated rings. The van der Waals surface area contributed by atoms with Crippen LogP contribution in [0.2, 0.25) is 5.15 Å². The van der Waals surface area contributed by atoms with E-state index in [9.17, 15) is 18.0 Å². The molecular formula is C15H11BrClF3N2OS. The predicted octanol–water partition coefficient (Wildman–Crippen LogP) is 5.45. The first-order chi connectivity index (χ1) is 11.2. The summed E-state index contributed by atoms with van der Waals surface area (Å²) in [4.78, 5) is 20.9. The fourth-order valence-electron chi connectivity index (χ4n) is 1.92. The van der Waals surface area contributed by atoms with E-state index >= 15 is 0 Å². The molecule has 0 amide bonds. The zero-order chi connectivity index (χ0) is 17.9. The van der Waals surface area contributed by atoms with Gasteiger partial charge in [0.1, 0.15) is 15.5 Å². The van der Waals surface area contributed by atoms with Crippen molar-refractivity contribution >= 4 is 45.1 Å². The van der Waals surface area contributed by atoms with Crippen LogP contribution < -0.4 is 0 Å². The number of carbonyl (C=O) groups is 1. The molecule has 0 saturated heterocycles. The molecule has 128 valence electrons. The second-order valence-electron chi connectivity index (χ2n) is 4.69. The highest BCUT2D eigenvalue weighted by Gasteiger charge is 2.32. The summed E-state index contributed by atoms with van der Waals surface area (Å²) in [6, 6.07) is 4.29. The zero-order valence-corrected chi connectivity index (χ0v) is 15.5. The third-order valence-electron chi connectivity index (χ3n) is 2.98. The Kier molecular flexibility index (Phi) is 6.28. The van der Waals surface area contributed by atoms with Crippen molar-refractivity contribution in [3.8, 4) is 0 Å². The van der Waals surface area contributed by atoms with Gasteiger partial charge in [0.2, 0.25) is 0 Å². The highest BCUT2D eigenvalue weighted by atomic mass is 79.9. The van der Waals surface area contributed by atoms with Crippen LogP contribution in [0.3, 0.4) is 0 Å². The van der Waals surface area contributed by atoms with E-state index in [4.69, 9.17) is 11.6 Å². The van der Waals surface area contributed by atoms with Gasteiger partial charge in [-0.3, -0.25) is 4.79 Å². The first-order valence-electron chi connectivity index (χ1n) is 6.76. The molecule has 0 saturated carbocycles. The minimum atomic E-state index is -4.55. The van der Waals surface area contributed by atoms with Crippen LogP contribution in [-0.2, 0) is 12.6 Å². The van der Waals surface area contributed by atoms with E-state index in [2.05, 4.69) is 25.9 Å². The lowest BCUT2D eigenvalue weighted by atomic mass is 10.1. The Bertz CT molecular complexity index is 771. The molecule has 24 heavy (non-hydrogen) atoms. The van der Waals surface area contributed by atoms with Crippen molar-refractivity contribution in [2.45, 2.75) is 24.4 Å². The molecule has 2 aromatic rings. The number of hydrogen-bond acceptors (Lipinski definition) is 4. The highest BCUT2D eigenvalue weighted by molar-refractivity contribution is 9.10. The molecule has 0 unspecified atom stereocenters. The van der Waals surface area contributed by atoms with Crippen molar-refractivity contribution in [1.29, 1.82) is 0 Å². The quantitative estimate of drug-likeness (QED) is 0.353. The number of aromatic nitrogens is 2. The van der Waals surface area contributed by atoms with Crippen molar-refractivity contribution in [2.24, 2.45) is 0 Å². The van der Waals surface area contributed by atoms with E-state index in [1.54, 1.807) is 12.1 Å². The summed E-state index contributed by atoms with van der Waals surface area (Å²) < 4.78 is 38.8. The molecule has 9 heteroatoms. The summed E-state index contributed by atoms with van der Waals surface area (Å²) in [7, 11) is 0. The zero-order valence-electron chi connectivity index (χ0n) is 12.3. The second-order valence-corrected chi connectivity index (χ2v) is 7.16. The number of nitrogens with zero attached hydrogens (tertiary/aromatic N) is 2. The average molecular weight is 440 g/mol. The molecule has 0 atom stereocenters. The maximum atomic E-state index is 12.8. The monoisotopic (exact) mass is 438 g/mol. The van der Waals surface area contributed by atoms with Crippen molar-refractivity contribution < 1.29 is 18.0 Å². The maximum absolute atomic E-state index is 12.8. The highest BCUT2D eigenvalue weighted by Crippen LogP contribution is 2.31. The summed E-state index contributed by atoms with van der Waals surface area (Å²) in [6.07, 6.45) is -4.21. The molecule has 0 aliphatic rings. The van der Waals surface area contributed by atoms with Gasteiger partial charge in [0.15, 0.2) is 5.78 Å². The third kappa shape index (κ3) is 4.70. The molecule has 2 heterocycles. The second kappa shape index (κ2) is 7.84. The molecular weight excluding hydrogens is 429 g/mol. The largest absolute Gasteiger partial charge is 0.417 e. The third-order valence-corrected chi connectivity index (χ3v) is 4.69. The van der Waals surface area contributed by atoms with E-state index in [0.717, 1.165) is 11.8 Å². The van der Waals surface area contributed by atoms with Gasteiger partial charge in [-0.1, -0.05) is 18.5 Å². The van der Waals surface area contributed by atoms with E-state index < -0.39 is 17.5 Å². The predicted molar refractivity (Wildman–Crippen MR) is 90.6 cm³/mol. The maximum Gasteiger partial charge on any atom is 0.417 e. The van der Waals surface area contributed by atoms with E-state index in [1.165, 1.54) is 11.8 Å². The smallest absolute Gasteiger partial charge is 0.292 e. The molecule has 0 radical (unpaired) electrons. The van der Waals surface area contributed by atoms with Gasteiger partial charge in [0, 0.05) is 17.5 Å². The fourth-order valence-corrected chi connectivity index (χ4v) is 3.17. The van der Waals surface area contributed by atoms with Gasteiger partial charge in [-0.15, -0.1) is 11.8 Å². The Morgan fingerprint density at radius 1 is 1.38 bits per heavy atom. The van der Waals surface area contributed by atoms with Crippen LogP contribution in [0.5, 0.6) is 0 Å². The lowest BCUT2D eigenvalue weighted by Gasteiger charge is -2.10. The normalized spacial score (nSPS) is 11.6. The average Bonchev–Trinajstić information content (AvgIpc) is 2.50. The van der Waals surface area contributed by atoms with E-state index in [0.29, 0.717) is 15.7 Å². The molecule has 2 aromatic heterocycles. The van der Waals surface area contributed by atoms with Crippen molar-refractivity contribution in [3.63, 3.8) is 0 Å². The number of alkyl halides is 3. The molecule has 0 aromatic carbocycles. The van der Waals surface area contributed by atoms with Gasteiger partial charge in [0.25, 0.3) is 0 Å². The van der Waals surface area contributed by atoms with Gasteiger partial charge >= 0.3 is 6.18 Å². The summed E-state index contributed by atoms with van der Waals surface area (Å²) in [5.74, 6) is 0.311. The van der Waals surface area contributed by atoms with Crippen molar-refractivity contribution in [1.82, 2.24) is 9.97 Å². The van der Waals surface area contributed by atoms with Gasteiger partial charge in [-0.05, 0) is 45.4 Å². The van der Waals surface area contributed by atoms with Crippen molar-refractivity contribution in [3.05, 3.63) is 51.0 Å². The molecule has 0 aliphatic heterocycles. The standard InChI is InChI=1S/C15H11BrClF3N2OS/c1-2-24-11-3-4-12(16)22-13(11)10(23)6-8-5-9(15(18,19)20)7-21-14(8)17/h3-5,7H,2,6H2,1H3. The van der Waals surface area contributed by atoms with Crippen LogP contribution in [0.25, 0.3) is 0 Å². The molecule has 0 spiro atoms. The number of thioether (sulfide) groups is 1. The summed E-state index contributed by atoms with van der Waals surface area (Å²) in [5, 5.41) is -0.129. The van der Waals surface area contributed by atoms with E-state index in [1.807, 2.05) is 6.92 Å². The first-order valence-corrected chi connectivity index (χ1v) is 8.92. The number of hydrogen-bond donors (Lipinski definition) is 0. The number of carbonyl (C=O) groups excluding carboxylic acids is 1. The van der Waals surface area contributed by atoms with Crippen LogP contribution in [0.4, 0.5) is 13.2 Å². The van der Waals surface area contributed by atoms with Crippen LogP contribution in [0.1, 0.15) is 28.5 Å². The van der Waals surface area contributed by atoms with Crippen molar-refractivity contribution in [2.75, 3.05) is 5.75 Å². The minimum Gasteiger partial charge on any atom is -0.292 e. The molecule has 0 bridgehead atoms. The summed E-state index contributed by atoms with van der Waals surface area (Å²) in [5.41, 5.74) is -0.726. The number of Topliss-reactive ketones (excluding diaryl/α,β-unsaturated/α-hetero) is 1. The first kappa shape index (κ1) is 19.2. The molecule has 0 N–H and O–H groups in total. The Morgan fingerprint density at radius 3 is 2.71 bits per heavy atom. The van der Waals surface area contributed by atoms with Crippen LogP contribution in [0, 0.1) is 0 Å². The lowest BCUT2D eigenvalue weighted by Crippen LogP contribution is -2.11. The number of pyridine rings is 2. The fraction of sp³-hybridized carbons (Fsp3) is 0.267. The molecule has 3 nitrogen and oxygen atoms in total. The van der Waals surface area contributed by atoms with Gasteiger partial charge in [0.05, 0.1) is 5.56 Å². The summed E-state index contributed by atoms with van der Waals surface area (Å²) >= 11 is 10.5. The number of rotatable bonds is 5. The Morgan fingerprint density at radius 2 is 2.08 bits per heavy atom. The molecule has 2 rings (SSSR count). The topological polar surface area (TPSA) is 42.9 Å². The Hall–Kier alpha value is -1.12. The number of ketones is 1. The van der Waals surface area contributed by atoms with Crippen LogP contribution in [0.15, 0.2) is 33.9 Å². The van der Waals surface area contributed by atoms with Gasteiger partial charge < -0.3 is 0 Å². The van der Waals surface area contributed by atoms with Gasteiger partial charge in [-0.25, -0.2) is 9.97 Å².